The Morgan fingerprint density at radius 3 is 2.71 bits per heavy atom. The van der Waals surface area contributed by atoms with Gasteiger partial charge in [0.15, 0.2) is 0 Å². The van der Waals surface area contributed by atoms with Crippen LogP contribution in [0.1, 0.15) is 6.92 Å². The number of benzene rings is 1. The summed E-state index contributed by atoms with van der Waals surface area (Å²) in [7, 11) is 1.79. The molecule has 5 heteroatoms. The third-order valence-electron chi connectivity index (χ3n) is 2.03. The van der Waals surface area contributed by atoms with Crippen LogP contribution in [0.15, 0.2) is 18.2 Å². The highest BCUT2D eigenvalue weighted by Gasteiger charge is 2.19. The minimum absolute atomic E-state index is 0.0292. The van der Waals surface area contributed by atoms with Crippen LogP contribution in [0.25, 0.3) is 0 Å². The first-order valence-electron chi connectivity index (χ1n) is 4.22. The predicted molar refractivity (Wildman–Crippen MR) is 57.1 cm³/mol. The van der Waals surface area contributed by atoms with Gasteiger partial charge in [-0.3, -0.25) is 10.1 Å². The first-order valence-corrected chi connectivity index (χ1v) is 4.59. The lowest BCUT2D eigenvalue weighted by atomic mass is 10.2. The molecule has 0 aliphatic rings. The van der Waals surface area contributed by atoms with Gasteiger partial charge in [0.1, 0.15) is 10.7 Å². The van der Waals surface area contributed by atoms with E-state index in [1.165, 1.54) is 6.07 Å². The van der Waals surface area contributed by atoms with Crippen molar-refractivity contribution in [2.24, 2.45) is 0 Å². The average Bonchev–Trinajstić information content (AvgIpc) is 2.15. The average molecular weight is 215 g/mol. The second kappa shape index (κ2) is 4.28. The maximum Gasteiger partial charge on any atom is 0.310 e. The van der Waals surface area contributed by atoms with Crippen LogP contribution in [0.4, 0.5) is 11.4 Å². The van der Waals surface area contributed by atoms with Gasteiger partial charge in [0.25, 0.3) is 0 Å². The summed E-state index contributed by atoms with van der Waals surface area (Å²) in [5, 5.41) is 10.9. The molecular formula is C9H11ClN2O2. The molecule has 1 rings (SSSR count). The summed E-state index contributed by atoms with van der Waals surface area (Å²) in [6.07, 6.45) is 0. The number of rotatable bonds is 3. The van der Waals surface area contributed by atoms with E-state index < -0.39 is 4.92 Å². The number of halogens is 1. The van der Waals surface area contributed by atoms with Crippen molar-refractivity contribution in [1.29, 1.82) is 0 Å². The molecule has 0 fully saturated rings. The fourth-order valence-corrected chi connectivity index (χ4v) is 1.40. The second-order valence-electron chi connectivity index (χ2n) is 2.88. The number of hydrogen-bond donors (Lipinski definition) is 0. The predicted octanol–water partition coefficient (Wildman–Crippen LogP) is 2.70. The topological polar surface area (TPSA) is 46.4 Å². The molecule has 0 aliphatic heterocycles. The zero-order chi connectivity index (χ0) is 10.7. The van der Waals surface area contributed by atoms with Crippen LogP contribution in [0.3, 0.4) is 0 Å². The normalized spacial score (nSPS) is 9.93. The molecule has 14 heavy (non-hydrogen) atoms. The minimum Gasteiger partial charge on any atom is -0.369 e. The van der Waals surface area contributed by atoms with E-state index in [9.17, 15) is 10.1 Å². The molecule has 0 amide bonds. The second-order valence-corrected chi connectivity index (χ2v) is 3.29. The molecule has 76 valence electrons. The molecule has 0 bridgehead atoms. The summed E-state index contributed by atoms with van der Waals surface area (Å²) in [6.45, 7) is 2.62. The smallest absolute Gasteiger partial charge is 0.310 e. The summed E-state index contributed by atoms with van der Waals surface area (Å²) >= 11 is 5.76. The fraction of sp³-hybridized carbons (Fsp3) is 0.333. The number of nitro benzene ring substituents is 1. The molecule has 0 spiro atoms. The molecule has 1 aromatic rings. The summed E-state index contributed by atoms with van der Waals surface area (Å²) in [5.74, 6) is 0. The maximum atomic E-state index is 10.8. The standard InChI is InChI=1S/C9H11ClN2O2/c1-3-11(2)8-6-4-5-7(10)9(8)12(13)14/h4-6H,3H2,1-2H3. The van der Waals surface area contributed by atoms with Crippen LogP contribution in [0.5, 0.6) is 0 Å². The zero-order valence-electron chi connectivity index (χ0n) is 8.03. The summed E-state index contributed by atoms with van der Waals surface area (Å²) in [5.41, 5.74) is 0.517. The van der Waals surface area contributed by atoms with Gasteiger partial charge in [0, 0.05) is 13.6 Å². The number of nitro groups is 1. The Bertz CT molecular complexity index is 355. The quantitative estimate of drug-likeness (QED) is 0.574. The van der Waals surface area contributed by atoms with Gasteiger partial charge in [0.2, 0.25) is 0 Å². The van der Waals surface area contributed by atoms with Crippen molar-refractivity contribution in [3.63, 3.8) is 0 Å². The SMILES string of the molecule is CCN(C)c1cccc(Cl)c1[N+](=O)[O-]. The molecule has 0 saturated carbocycles. The van der Waals surface area contributed by atoms with Crippen LogP contribution in [-0.2, 0) is 0 Å². The van der Waals surface area contributed by atoms with E-state index in [1.54, 1.807) is 24.1 Å². The largest absolute Gasteiger partial charge is 0.369 e. The van der Waals surface area contributed by atoms with Gasteiger partial charge in [0.05, 0.1) is 4.92 Å². The maximum absolute atomic E-state index is 10.8. The molecule has 0 N–H and O–H groups in total. The first kappa shape index (κ1) is 10.8. The van der Waals surface area contributed by atoms with Crippen molar-refractivity contribution in [1.82, 2.24) is 0 Å². The molecule has 4 nitrogen and oxygen atoms in total. The summed E-state index contributed by atoms with van der Waals surface area (Å²) in [6, 6.07) is 4.91. The highest BCUT2D eigenvalue weighted by atomic mass is 35.5. The van der Waals surface area contributed by atoms with Gasteiger partial charge >= 0.3 is 5.69 Å². The van der Waals surface area contributed by atoms with Gasteiger partial charge < -0.3 is 4.90 Å². The first-order chi connectivity index (χ1) is 6.57. The van der Waals surface area contributed by atoms with Crippen molar-refractivity contribution < 1.29 is 4.92 Å². The van der Waals surface area contributed by atoms with Gasteiger partial charge in [-0.25, -0.2) is 0 Å². The van der Waals surface area contributed by atoms with Crippen molar-refractivity contribution >= 4 is 23.0 Å². The van der Waals surface area contributed by atoms with Crippen molar-refractivity contribution in [2.45, 2.75) is 6.92 Å². The van der Waals surface area contributed by atoms with E-state index >= 15 is 0 Å². The highest BCUT2D eigenvalue weighted by Crippen LogP contribution is 2.34. The molecule has 0 atom stereocenters. The number of anilines is 1. The molecule has 0 aliphatic carbocycles. The van der Waals surface area contributed by atoms with E-state index in [2.05, 4.69) is 0 Å². The molecule has 0 radical (unpaired) electrons. The van der Waals surface area contributed by atoms with Crippen LogP contribution in [0, 0.1) is 10.1 Å². The number of para-hydroxylation sites is 1. The molecule has 1 aromatic carbocycles. The van der Waals surface area contributed by atoms with E-state index in [4.69, 9.17) is 11.6 Å². The Morgan fingerprint density at radius 2 is 2.21 bits per heavy atom. The van der Waals surface area contributed by atoms with Crippen LogP contribution >= 0.6 is 11.6 Å². The van der Waals surface area contributed by atoms with E-state index in [0.717, 1.165) is 0 Å². The Kier molecular flexibility index (Phi) is 3.30. The summed E-state index contributed by atoms with van der Waals surface area (Å²) in [4.78, 5) is 12.1. The van der Waals surface area contributed by atoms with Crippen LogP contribution in [-0.4, -0.2) is 18.5 Å². The lowest BCUT2D eigenvalue weighted by Gasteiger charge is -2.16. The van der Waals surface area contributed by atoms with Gasteiger partial charge in [-0.05, 0) is 19.1 Å². The molecule has 0 heterocycles. The summed E-state index contributed by atoms with van der Waals surface area (Å²) < 4.78 is 0. The van der Waals surface area contributed by atoms with E-state index in [-0.39, 0.29) is 10.7 Å². The lowest BCUT2D eigenvalue weighted by Crippen LogP contribution is -2.17. The van der Waals surface area contributed by atoms with E-state index in [0.29, 0.717) is 12.2 Å². The molecule has 0 aromatic heterocycles. The highest BCUT2D eigenvalue weighted by molar-refractivity contribution is 6.33. The zero-order valence-corrected chi connectivity index (χ0v) is 8.78. The van der Waals surface area contributed by atoms with Crippen molar-refractivity contribution in [2.75, 3.05) is 18.5 Å². The van der Waals surface area contributed by atoms with Gasteiger partial charge in [-0.15, -0.1) is 0 Å². The van der Waals surface area contributed by atoms with E-state index in [1.807, 2.05) is 6.92 Å². The fourth-order valence-electron chi connectivity index (χ4n) is 1.16. The Labute approximate surface area is 87.2 Å². The van der Waals surface area contributed by atoms with Crippen LogP contribution in [0.2, 0.25) is 5.02 Å². The Morgan fingerprint density at radius 1 is 1.57 bits per heavy atom. The Hall–Kier alpha value is -1.29. The molecule has 0 saturated heterocycles. The minimum atomic E-state index is -0.455. The van der Waals surface area contributed by atoms with Crippen molar-refractivity contribution in [3.8, 4) is 0 Å². The van der Waals surface area contributed by atoms with Crippen LogP contribution < -0.4 is 4.90 Å². The Balaban J connectivity index is 3.28. The van der Waals surface area contributed by atoms with Crippen molar-refractivity contribution in [3.05, 3.63) is 33.3 Å². The van der Waals surface area contributed by atoms with Gasteiger partial charge in [-0.1, -0.05) is 17.7 Å². The third-order valence-corrected chi connectivity index (χ3v) is 2.34. The number of hydrogen-bond acceptors (Lipinski definition) is 3. The number of nitrogens with zero attached hydrogens (tertiary/aromatic N) is 2. The lowest BCUT2D eigenvalue weighted by molar-refractivity contribution is -0.384. The van der Waals surface area contributed by atoms with Gasteiger partial charge in [-0.2, -0.15) is 0 Å². The molecular weight excluding hydrogens is 204 g/mol. The molecule has 0 unspecified atom stereocenters. The monoisotopic (exact) mass is 214 g/mol. The third kappa shape index (κ3) is 1.96.